The highest BCUT2D eigenvalue weighted by Gasteiger charge is 2.18. The number of nitrogens with two attached hydrogens (primary N) is 1. The molecule has 6 heteroatoms. The Kier molecular flexibility index (Phi) is 3.47. The molecule has 14 heavy (non-hydrogen) atoms. The van der Waals surface area contributed by atoms with Crippen LogP contribution < -0.4 is 5.73 Å². The minimum atomic E-state index is -0.520. The Morgan fingerprint density at radius 3 is 3.07 bits per heavy atom. The molecule has 0 aromatic carbocycles. The molecule has 1 rings (SSSR count). The predicted molar refractivity (Wildman–Crippen MR) is 56.2 cm³/mol. The summed E-state index contributed by atoms with van der Waals surface area (Å²) in [6, 6.07) is 1.41. The van der Waals surface area contributed by atoms with Gasteiger partial charge in [-0.2, -0.15) is 0 Å². The van der Waals surface area contributed by atoms with Crippen molar-refractivity contribution in [1.29, 1.82) is 0 Å². The molecule has 74 valence electrons. The monoisotopic (exact) mass is 211 g/mol. The number of thioether (sulfide) groups is 1. The molecular weight excluding hydrogens is 202 g/mol. The summed E-state index contributed by atoms with van der Waals surface area (Å²) < 4.78 is 0. The van der Waals surface area contributed by atoms with Gasteiger partial charge < -0.3 is 5.73 Å². The van der Waals surface area contributed by atoms with E-state index in [1.165, 1.54) is 24.0 Å². The lowest BCUT2D eigenvalue weighted by Gasteiger charge is -2.01. The molecule has 0 aliphatic carbocycles. The number of nitrogens with zero attached hydrogens (tertiary/aromatic N) is 2. The maximum Gasteiger partial charge on any atom is 0.324 e. The molecule has 0 saturated heterocycles. The highest BCUT2D eigenvalue weighted by molar-refractivity contribution is 7.99. The summed E-state index contributed by atoms with van der Waals surface area (Å²) in [6.45, 7) is 3.52. The van der Waals surface area contributed by atoms with Crippen LogP contribution in [-0.4, -0.2) is 15.7 Å². The predicted octanol–water partition coefficient (Wildman–Crippen LogP) is 1.85. The van der Waals surface area contributed by atoms with Gasteiger partial charge in [0, 0.05) is 11.9 Å². The number of nitro groups is 1. The van der Waals surface area contributed by atoms with Crippen LogP contribution in [0.4, 0.5) is 11.4 Å². The van der Waals surface area contributed by atoms with Crippen LogP contribution in [0, 0.1) is 10.1 Å². The van der Waals surface area contributed by atoms with E-state index in [1.54, 1.807) is 6.08 Å². The number of nitrogen functional groups attached to an aromatic ring is 1. The van der Waals surface area contributed by atoms with Gasteiger partial charge in [0.25, 0.3) is 0 Å². The third-order valence-corrected chi connectivity index (χ3v) is 2.42. The molecule has 0 fully saturated rings. The maximum atomic E-state index is 10.7. The largest absolute Gasteiger partial charge is 0.393 e. The highest BCUT2D eigenvalue weighted by Crippen LogP contribution is 2.31. The molecule has 0 saturated carbocycles. The number of anilines is 1. The van der Waals surface area contributed by atoms with Gasteiger partial charge in [-0.05, 0) is 6.07 Å². The third-order valence-electron chi connectivity index (χ3n) is 1.44. The second kappa shape index (κ2) is 4.61. The van der Waals surface area contributed by atoms with Crippen molar-refractivity contribution in [2.45, 2.75) is 5.03 Å². The normalized spacial score (nSPS) is 9.71. The fourth-order valence-corrected chi connectivity index (χ4v) is 1.62. The first-order valence-electron chi connectivity index (χ1n) is 3.79. The van der Waals surface area contributed by atoms with Crippen LogP contribution in [0.3, 0.4) is 0 Å². The van der Waals surface area contributed by atoms with E-state index in [0.29, 0.717) is 10.8 Å². The Balaban J connectivity index is 3.07. The lowest BCUT2D eigenvalue weighted by Crippen LogP contribution is -1.99. The Bertz CT molecular complexity index is 368. The van der Waals surface area contributed by atoms with E-state index in [2.05, 4.69) is 11.6 Å². The van der Waals surface area contributed by atoms with Crippen LogP contribution >= 0.6 is 11.8 Å². The molecule has 0 aliphatic rings. The van der Waals surface area contributed by atoms with Gasteiger partial charge in [0.1, 0.15) is 5.69 Å². The average Bonchev–Trinajstić information content (AvgIpc) is 2.14. The maximum absolute atomic E-state index is 10.7. The van der Waals surface area contributed by atoms with Crippen LogP contribution in [0.5, 0.6) is 0 Å². The van der Waals surface area contributed by atoms with Crippen molar-refractivity contribution < 1.29 is 4.92 Å². The SMILES string of the molecule is C=CCSc1nccc(N)c1[N+](=O)[O-]. The first-order valence-corrected chi connectivity index (χ1v) is 4.78. The molecule has 1 aromatic heterocycles. The molecule has 0 aliphatic heterocycles. The molecule has 1 aromatic rings. The van der Waals surface area contributed by atoms with Crippen molar-refractivity contribution in [3.8, 4) is 0 Å². The first-order chi connectivity index (χ1) is 6.66. The van der Waals surface area contributed by atoms with Gasteiger partial charge in [-0.1, -0.05) is 17.8 Å². The molecule has 5 nitrogen and oxygen atoms in total. The van der Waals surface area contributed by atoms with Crippen molar-refractivity contribution in [3.63, 3.8) is 0 Å². The molecule has 0 unspecified atom stereocenters. The molecule has 0 spiro atoms. The summed E-state index contributed by atoms with van der Waals surface area (Å²) in [6.07, 6.45) is 3.10. The topological polar surface area (TPSA) is 82.0 Å². The minimum Gasteiger partial charge on any atom is -0.393 e. The zero-order valence-corrected chi connectivity index (χ0v) is 8.16. The summed E-state index contributed by atoms with van der Waals surface area (Å²) in [5.41, 5.74) is 5.48. The fourth-order valence-electron chi connectivity index (χ4n) is 0.876. The molecule has 0 radical (unpaired) electrons. The summed E-state index contributed by atoms with van der Waals surface area (Å²) in [5.74, 6) is 0.567. The summed E-state index contributed by atoms with van der Waals surface area (Å²) in [7, 11) is 0. The second-order valence-electron chi connectivity index (χ2n) is 2.41. The third kappa shape index (κ3) is 2.23. The smallest absolute Gasteiger partial charge is 0.324 e. The number of pyridine rings is 1. The van der Waals surface area contributed by atoms with Gasteiger partial charge in [-0.15, -0.1) is 6.58 Å². The van der Waals surface area contributed by atoms with E-state index in [1.807, 2.05) is 0 Å². The van der Waals surface area contributed by atoms with Crippen LogP contribution in [-0.2, 0) is 0 Å². The Morgan fingerprint density at radius 2 is 2.50 bits per heavy atom. The quantitative estimate of drug-likeness (QED) is 0.355. The number of hydrogen-bond acceptors (Lipinski definition) is 5. The lowest BCUT2D eigenvalue weighted by molar-refractivity contribution is -0.387. The van der Waals surface area contributed by atoms with Gasteiger partial charge in [0.15, 0.2) is 5.03 Å². The van der Waals surface area contributed by atoms with Crippen LogP contribution in [0.1, 0.15) is 0 Å². The second-order valence-corrected chi connectivity index (χ2v) is 3.42. The molecule has 1 heterocycles. The molecule has 0 atom stereocenters. The molecule has 0 bridgehead atoms. The van der Waals surface area contributed by atoms with Crippen LogP contribution in [0.2, 0.25) is 0 Å². The average molecular weight is 211 g/mol. The van der Waals surface area contributed by atoms with Crippen LogP contribution in [0.25, 0.3) is 0 Å². The summed E-state index contributed by atoms with van der Waals surface area (Å²) in [4.78, 5) is 14.0. The summed E-state index contributed by atoms with van der Waals surface area (Å²) >= 11 is 1.24. The van der Waals surface area contributed by atoms with Crippen molar-refractivity contribution in [1.82, 2.24) is 4.98 Å². The zero-order valence-electron chi connectivity index (χ0n) is 7.34. The standard InChI is InChI=1S/C8H9N3O2S/c1-2-5-14-8-7(11(12)13)6(9)3-4-10-8/h2-4H,1,5H2,(H2,9,10). The fraction of sp³-hybridized carbons (Fsp3) is 0.125. The van der Waals surface area contributed by atoms with Gasteiger partial charge in [-0.3, -0.25) is 10.1 Å². The van der Waals surface area contributed by atoms with Gasteiger partial charge in [0.2, 0.25) is 0 Å². The Morgan fingerprint density at radius 1 is 1.79 bits per heavy atom. The van der Waals surface area contributed by atoms with E-state index in [9.17, 15) is 10.1 Å². The number of hydrogen-bond donors (Lipinski definition) is 1. The van der Waals surface area contributed by atoms with E-state index >= 15 is 0 Å². The number of aromatic nitrogens is 1. The highest BCUT2D eigenvalue weighted by atomic mass is 32.2. The Labute approximate surface area is 85.2 Å². The molecule has 2 N–H and O–H groups in total. The first kappa shape index (κ1) is 10.5. The van der Waals surface area contributed by atoms with Gasteiger partial charge >= 0.3 is 5.69 Å². The zero-order chi connectivity index (χ0) is 10.6. The van der Waals surface area contributed by atoms with E-state index in [4.69, 9.17) is 5.73 Å². The number of rotatable bonds is 4. The molecule has 0 amide bonds. The van der Waals surface area contributed by atoms with Gasteiger partial charge in [-0.25, -0.2) is 4.98 Å². The lowest BCUT2D eigenvalue weighted by atomic mass is 10.4. The minimum absolute atomic E-state index is 0.126. The van der Waals surface area contributed by atoms with E-state index in [-0.39, 0.29) is 11.4 Å². The van der Waals surface area contributed by atoms with E-state index in [0.717, 1.165) is 0 Å². The van der Waals surface area contributed by atoms with E-state index < -0.39 is 4.92 Å². The van der Waals surface area contributed by atoms with Crippen molar-refractivity contribution >= 4 is 23.1 Å². The van der Waals surface area contributed by atoms with Crippen molar-refractivity contribution in [2.75, 3.05) is 11.5 Å². The molecular formula is C8H9N3O2S. The van der Waals surface area contributed by atoms with Crippen molar-refractivity contribution in [3.05, 3.63) is 35.0 Å². The van der Waals surface area contributed by atoms with Gasteiger partial charge in [0.05, 0.1) is 4.92 Å². The van der Waals surface area contributed by atoms with Crippen LogP contribution in [0.15, 0.2) is 29.9 Å². The van der Waals surface area contributed by atoms with Crippen molar-refractivity contribution in [2.24, 2.45) is 0 Å². The Hall–Kier alpha value is -1.56. The summed E-state index contributed by atoms with van der Waals surface area (Å²) in [5, 5.41) is 11.0.